The third-order valence-electron chi connectivity index (χ3n) is 7.35. The topological polar surface area (TPSA) is 125 Å². The summed E-state index contributed by atoms with van der Waals surface area (Å²) in [6.45, 7) is 6.11. The number of hydrogen-bond acceptors (Lipinski definition) is 7. The zero-order valence-corrected chi connectivity index (χ0v) is 25.4. The molecule has 0 spiro atoms. The van der Waals surface area contributed by atoms with Crippen molar-refractivity contribution in [3.63, 3.8) is 0 Å². The van der Waals surface area contributed by atoms with Crippen molar-refractivity contribution in [2.24, 2.45) is 5.92 Å². The van der Waals surface area contributed by atoms with Crippen LogP contribution in [0.1, 0.15) is 60.7 Å². The number of aliphatic hydroxyl groups excluding tert-OH is 1. The Kier molecular flexibility index (Phi) is 11.7. The minimum absolute atomic E-state index is 0.140. The molecular formula is C30H43N3O7S. The number of carbonyl (C=O) groups excluding carboxylic acids is 2. The van der Waals surface area contributed by atoms with Crippen LogP contribution in [0.15, 0.2) is 48.5 Å². The highest BCUT2D eigenvalue weighted by Gasteiger charge is 2.31. The molecule has 0 saturated carbocycles. The van der Waals surface area contributed by atoms with Crippen LogP contribution in [-0.4, -0.2) is 92.4 Å². The smallest absolute Gasteiger partial charge is 0.258 e. The van der Waals surface area contributed by atoms with Crippen LogP contribution in [0.2, 0.25) is 0 Å². The Balaban J connectivity index is 1.99. The molecule has 41 heavy (non-hydrogen) atoms. The molecule has 3 rings (SSSR count). The number of nitrogens with one attached hydrogen (secondary N) is 1. The fourth-order valence-corrected chi connectivity index (χ4v) is 5.06. The van der Waals surface area contributed by atoms with E-state index in [1.165, 1.54) is 11.4 Å². The van der Waals surface area contributed by atoms with Crippen LogP contribution in [0.5, 0.6) is 5.75 Å². The van der Waals surface area contributed by atoms with Gasteiger partial charge >= 0.3 is 0 Å². The summed E-state index contributed by atoms with van der Waals surface area (Å²) >= 11 is 0. The van der Waals surface area contributed by atoms with Crippen molar-refractivity contribution < 1.29 is 32.6 Å². The van der Waals surface area contributed by atoms with Gasteiger partial charge in [0, 0.05) is 43.9 Å². The minimum Gasteiger partial charge on any atom is -0.490 e. The number of rotatable bonds is 7. The molecule has 4 atom stereocenters. The molecule has 11 heteroatoms. The fraction of sp³-hybridized carbons (Fsp3) is 0.533. The molecule has 226 valence electrons. The molecule has 10 nitrogen and oxygen atoms in total. The van der Waals surface area contributed by atoms with Crippen molar-refractivity contribution in [1.82, 2.24) is 9.21 Å². The Morgan fingerprint density at radius 2 is 1.88 bits per heavy atom. The van der Waals surface area contributed by atoms with E-state index in [2.05, 4.69) is 5.32 Å². The maximum Gasteiger partial charge on any atom is 0.258 e. The van der Waals surface area contributed by atoms with Gasteiger partial charge in [0.15, 0.2) is 0 Å². The van der Waals surface area contributed by atoms with Crippen LogP contribution in [-0.2, 0) is 14.8 Å². The quantitative estimate of drug-likeness (QED) is 0.505. The second-order valence-electron chi connectivity index (χ2n) is 10.9. The van der Waals surface area contributed by atoms with E-state index in [0.717, 1.165) is 25.5 Å². The van der Waals surface area contributed by atoms with Gasteiger partial charge in [-0.25, -0.2) is 12.7 Å². The van der Waals surface area contributed by atoms with Crippen LogP contribution in [0.4, 0.5) is 5.69 Å². The summed E-state index contributed by atoms with van der Waals surface area (Å²) in [5, 5.41) is 12.9. The van der Waals surface area contributed by atoms with E-state index >= 15 is 0 Å². The number of amides is 2. The second kappa shape index (κ2) is 14.8. The summed E-state index contributed by atoms with van der Waals surface area (Å²) in [5.41, 5.74) is 1.18. The van der Waals surface area contributed by atoms with Gasteiger partial charge in [-0.1, -0.05) is 25.1 Å². The standard InChI is InChI=1S/C30H43N3O7S/c1-21-18-33(22(2)20-34)30(36)26-17-25(31-29(35)24-12-7-6-8-13-24)14-15-27(26)40-23(3)11-9-10-16-39-28(21)19-32(4)41(5,37)38/h6-8,12-15,17,21-23,28,34H,9-11,16,18-20H2,1-5H3,(H,31,35)/t21-,22+,23+,28+/m0/s1. The Morgan fingerprint density at radius 1 is 1.17 bits per heavy atom. The first-order valence-corrected chi connectivity index (χ1v) is 15.9. The summed E-state index contributed by atoms with van der Waals surface area (Å²) < 4.78 is 37.9. The van der Waals surface area contributed by atoms with Gasteiger partial charge in [0.1, 0.15) is 5.75 Å². The van der Waals surface area contributed by atoms with E-state index in [0.29, 0.717) is 23.6 Å². The lowest BCUT2D eigenvalue weighted by Gasteiger charge is -2.35. The third-order valence-corrected chi connectivity index (χ3v) is 8.63. The van der Waals surface area contributed by atoms with Gasteiger partial charge in [-0.2, -0.15) is 0 Å². The van der Waals surface area contributed by atoms with E-state index in [1.54, 1.807) is 54.3 Å². The van der Waals surface area contributed by atoms with Crippen LogP contribution in [0.3, 0.4) is 0 Å². The second-order valence-corrected chi connectivity index (χ2v) is 13.0. The van der Waals surface area contributed by atoms with E-state index in [1.807, 2.05) is 19.9 Å². The number of likely N-dealkylation sites (N-methyl/N-ethyl adjacent to an activating group) is 1. The van der Waals surface area contributed by atoms with Crippen LogP contribution in [0.25, 0.3) is 0 Å². The molecule has 1 heterocycles. The van der Waals surface area contributed by atoms with Gasteiger partial charge in [0.05, 0.1) is 36.7 Å². The van der Waals surface area contributed by atoms with E-state index in [4.69, 9.17) is 9.47 Å². The average Bonchev–Trinajstić information content (AvgIpc) is 2.94. The van der Waals surface area contributed by atoms with Gasteiger partial charge in [-0.05, 0) is 63.4 Å². The fourth-order valence-electron chi connectivity index (χ4n) is 4.64. The number of carbonyl (C=O) groups is 2. The number of hydrogen-bond donors (Lipinski definition) is 2. The number of benzene rings is 2. The molecule has 1 aliphatic rings. The number of fused-ring (bicyclic) bond motifs is 1. The Hall–Kier alpha value is -2.99. The lowest BCUT2D eigenvalue weighted by Crippen LogP contribution is -2.47. The number of ether oxygens (including phenoxy) is 2. The highest BCUT2D eigenvalue weighted by molar-refractivity contribution is 7.88. The van der Waals surface area contributed by atoms with Crippen molar-refractivity contribution in [2.45, 2.75) is 58.3 Å². The van der Waals surface area contributed by atoms with Gasteiger partial charge in [0.2, 0.25) is 10.0 Å². The zero-order chi connectivity index (χ0) is 30.2. The average molecular weight is 590 g/mol. The highest BCUT2D eigenvalue weighted by Crippen LogP contribution is 2.29. The largest absolute Gasteiger partial charge is 0.490 e. The van der Waals surface area contributed by atoms with Crippen molar-refractivity contribution in [3.8, 4) is 5.75 Å². The van der Waals surface area contributed by atoms with E-state index < -0.39 is 22.2 Å². The Bertz CT molecular complexity index is 1270. The van der Waals surface area contributed by atoms with Crippen LogP contribution in [0, 0.1) is 5.92 Å². The zero-order valence-electron chi connectivity index (χ0n) is 24.6. The molecule has 0 saturated heterocycles. The lowest BCUT2D eigenvalue weighted by atomic mass is 10.0. The number of nitrogens with zero attached hydrogens (tertiary/aromatic N) is 2. The minimum atomic E-state index is -3.43. The highest BCUT2D eigenvalue weighted by atomic mass is 32.2. The first-order valence-electron chi connectivity index (χ1n) is 14.0. The molecule has 0 fully saturated rings. The summed E-state index contributed by atoms with van der Waals surface area (Å²) in [7, 11) is -1.92. The molecule has 2 amide bonds. The normalized spacial score (nSPS) is 21.9. The molecule has 2 N–H and O–H groups in total. The Morgan fingerprint density at radius 3 is 2.54 bits per heavy atom. The molecule has 0 radical (unpaired) electrons. The van der Waals surface area contributed by atoms with E-state index in [9.17, 15) is 23.1 Å². The number of sulfonamides is 1. The van der Waals surface area contributed by atoms with Crippen LogP contribution >= 0.6 is 0 Å². The first kappa shape index (κ1) is 32.5. The summed E-state index contributed by atoms with van der Waals surface area (Å²) in [4.78, 5) is 28.5. The van der Waals surface area contributed by atoms with Crippen molar-refractivity contribution in [3.05, 3.63) is 59.7 Å². The lowest BCUT2D eigenvalue weighted by molar-refractivity contribution is -0.00828. The molecule has 0 bridgehead atoms. The summed E-state index contributed by atoms with van der Waals surface area (Å²) in [6.07, 6.45) is 2.81. The summed E-state index contributed by atoms with van der Waals surface area (Å²) in [6, 6.07) is 13.2. The first-order chi connectivity index (χ1) is 19.4. The molecule has 0 aromatic heterocycles. The molecular weight excluding hydrogens is 546 g/mol. The van der Waals surface area contributed by atoms with Crippen molar-refractivity contribution >= 4 is 27.5 Å². The summed E-state index contributed by atoms with van der Waals surface area (Å²) in [5.74, 6) is -0.546. The molecule has 1 aliphatic heterocycles. The third kappa shape index (κ3) is 9.26. The number of anilines is 1. The van der Waals surface area contributed by atoms with Crippen molar-refractivity contribution in [1.29, 1.82) is 0 Å². The maximum atomic E-state index is 14.1. The van der Waals surface area contributed by atoms with Gasteiger partial charge in [0.25, 0.3) is 11.8 Å². The monoisotopic (exact) mass is 589 g/mol. The predicted molar refractivity (Wildman–Crippen MR) is 159 cm³/mol. The van der Waals surface area contributed by atoms with Crippen LogP contribution < -0.4 is 10.1 Å². The van der Waals surface area contributed by atoms with Crippen molar-refractivity contribution in [2.75, 3.05) is 44.9 Å². The maximum absolute atomic E-state index is 14.1. The molecule has 0 unspecified atom stereocenters. The Labute approximate surface area is 243 Å². The molecule has 0 aliphatic carbocycles. The molecule has 2 aromatic carbocycles. The van der Waals surface area contributed by atoms with Gasteiger partial charge in [-0.3, -0.25) is 9.59 Å². The van der Waals surface area contributed by atoms with E-state index in [-0.39, 0.29) is 49.1 Å². The van der Waals surface area contributed by atoms with Gasteiger partial charge in [-0.15, -0.1) is 0 Å². The number of aliphatic hydroxyl groups is 1. The SMILES string of the molecule is C[C@@H]1CCCCO[C@H](CN(C)S(C)(=O)=O)[C@@H](C)CN([C@H](C)CO)C(=O)c2cc(NC(=O)c3ccccc3)ccc2O1. The predicted octanol–water partition coefficient (Wildman–Crippen LogP) is 3.63. The van der Waals surface area contributed by atoms with Gasteiger partial charge < -0.3 is 24.8 Å². The molecule has 2 aromatic rings.